The zero-order chi connectivity index (χ0) is 94.6. The fourth-order valence-corrected chi connectivity index (χ4v) is 19.3. The summed E-state index contributed by atoms with van der Waals surface area (Å²) in [6, 6.07) is 0. The summed E-state index contributed by atoms with van der Waals surface area (Å²) in [4.78, 5) is 107. The molecule has 0 spiro atoms. The van der Waals surface area contributed by atoms with Crippen LogP contribution in [0.3, 0.4) is 0 Å². The Bertz CT molecular complexity index is 4540. The molecule has 43 heteroatoms. The second-order valence-electron chi connectivity index (χ2n) is 36.6. The average molecular weight is 1890 g/mol. The monoisotopic (exact) mass is 1890 g/mol. The molecule has 10 rings (SSSR count). The van der Waals surface area contributed by atoms with E-state index < -0.39 is 196 Å². The molecule has 5 saturated heterocycles. The molecule has 37 nitrogen and oxygen atoms in total. The molecular weight excluding hydrogens is 1750 g/mol. The Morgan fingerprint density at radius 1 is 0.389 bits per heavy atom. The molecule has 0 saturated carbocycles. The number of aliphatic hydroxyl groups excluding tert-OH is 10. The summed E-state index contributed by atoms with van der Waals surface area (Å²) in [6.07, 6.45) is 20.4. The highest BCUT2D eigenvalue weighted by Crippen LogP contribution is 2.45. The fraction of sp³-hybridized carbons (Fsp3) is 0.687. The molecule has 0 radical (unpaired) electrons. The van der Waals surface area contributed by atoms with Crippen molar-refractivity contribution in [2.75, 3.05) is 131 Å². The number of nitrogens with one attached hydrogen (secondary N) is 9. The summed E-state index contributed by atoms with van der Waals surface area (Å²) in [5.74, 6) is 0. The lowest BCUT2D eigenvalue weighted by atomic mass is 9.99. The Morgan fingerprint density at radius 2 is 0.667 bits per heavy atom. The third-order valence-electron chi connectivity index (χ3n) is 21.6. The molecule has 4 aromatic heterocycles. The molecule has 9 unspecified atom stereocenters. The van der Waals surface area contributed by atoms with Crippen molar-refractivity contribution in [2.45, 2.75) is 234 Å². The van der Waals surface area contributed by atoms with Gasteiger partial charge in [-0.15, -0.1) is 65.9 Å². The van der Waals surface area contributed by atoms with Crippen LogP contribution in [-0.4, -0.2) is 359 Å². The number of nitrogens with zero attached hydrogens (tertiary/aromatic N) is 5. The number of aromatic amines is 4. The summed E-state index contributed by atoms with van der Waals surface area (Å²) in [7, 11) is 1.81. The van der Waals surface area contributed by atoms with Gasteiger partial charge in [-0.05, 0) is 194 Å². The Labute approximate surface area is 743 Å². The summed E-state index contributed by atoms with van der Waals surface area (Å²) in [5.41, 5.74) is -2.22. The highest BCUT2D eigenvalue weighted by Gasteiger charge is 2.49. The van der Waals surface area contributed by atoms with E-state index in [0.717, 1.165) is 91.8 Å². The van der Waals surface area contributed by atoms with E-state index in [-0.39, 0.29) is 30.6 Å². The van der Waals surface area contributed by atoms with Crippen LogP contribution < -0.4 is 71.6 Å². The van der Waals surface area contributed by atoms with Crippen LogP contribution in [0.25, 0.3) is 0 Å². The van der Waals surface area contributed by atoms with E-state index in [2.05, 4.69) is 151 Å². The van der Waals surface area contributed by atoms with Gasteiger partial charge in [-0.3, -0.25) is 68.0 Å². The van der Waals surface area contributed by atoms with E-state index in [1.54, 1.807) is 11.1 Å². The van der Waals surface area contributed by atoms with Gasteiger partial charge in [-0.2, -0.15) is 0 Å². The van der Waals surface area contributed by atoms with Gasteiger partial charge >= 0.3 is 22.8 Å². The average Bonchev–Trinajstić information content (AvgIpc) is 1.68. The first-order valence-electron chi connectivity index (χ1n) is 42.7. The predicted octanol–water partition coefficient (Wildman–Crippen LogP) is -0.189. The fourth-order valence-electron chi connectivity index (χ4n) is 14.3. The second kappa shape index (κ2) is 48.9. The van der Waals surface area contributed by atoms with Gasteiger partial charge in [0.05, 0.1) is 55.0 Å². The molecule has 0 bridgehead atoms. The maximum atomic E-state index is 12.2. The number of H-pyrrole nitrogens is 4. The molecule has 10 heterocycles. The normalized spacial score (nSPS) is 27.5. The largest absolute Gasteiger partial charge is 0.388 e. The van der Waals surface area contributed by atoms with Gasteiger partial charge in [0.15, 0.2) is 17.6 Å². The SMILES string of the molecule is C=C1NC(=S)N(C)C=C1[C@@H]1OC(CCP(=C)(C)C)[C@@H](O)[C@H]1O.C=P(C)(C)CCC1OC(c2cn(CNCCC)c(=O)[nH]c2=O)[C@H](O)[C@@H]1O.C=P(C)(C)CCC1OC(c2cn(CNCCC)c(=O)[nH]c2=O)[C@H](O)[C@@H]1O.C=P(C)(C)CCC1OC(n2cc(CNCCC)c(=O)[nH]c2=O)[C@H](O)[C@@H]1O.C=P(C)(C)CCC1OC(n2cc(CNCCC)c(=O)[nH]c2=O)[C@H](O)[C@@H]1O. The van der Waals surface area contributed by atoms with Gasteiger partial charge in [0.2, 0.25) is 0 Å². The van der Waals surface area contributed by atoms with E-state index in [1.165, 1.54) is 33.9 Å². The molecule has 5 fully saturated rings. The van der Waals surface area contributed by atoms with Gasteiger partial charge in [0.25, 0.3) is 22.2 Å². The molecule has 4 aromatic rings. The minimum atomic E-state index is -1.29. The van der Waals surface area contributed by atoms with Crippen molar-refractivity contribution in [1.82, 2.24) is 69.7 Å². The van der Waals surface area contributed by atoms with Gasteiger partial charge < -0.3 is 95.6 Å². The van der Waals surface area contributed by atoms with E-state index in [0.29, 0.717) is 72.7 Å². The van der Waals surface area contributed by atoms with E-state index in [1.807, 2.05) is 34.7 Å². The molecule has 0 amide bonds. The number of aliphatic hydroxyl groups is 10. The second-order valence-corrected chi connectivity index (χ2v) is 58.6. The molecule has 19 N–H and O–H groups in total. The van der Waals surface area contributed by atoms with Crippen LogP contribution in [0.15, 0.2) is 87.2 Å². The Kier molecular flexibility index (Phi) is 42.4. The van der Waals surface area contributed by atoms with Crippen LogP contribution >= 0.6 is 46.6 Å². The predicted molar refractivity (Wildman–Crippen MR) is 515 cm³/mol. The summed E-state index contributed by atoms with van der Waals surface area (Å²) in [6.45, 7) is 30.6. The van der Waals surface area contributed by atoms with Crippen LogP contribution in [-0.2, 0) is 50.1 Å². The number of thiocarbonyl (C=S) groups is 1. The number of rotatable bonds is 36. The third kappa shape index (κ3) is 32.5. The maximum Gasteiger partial charge on any atom is 0.330 e. The molecule has 6 aliphatic rings. The number of hydrogen-bond donors (Lipinski definition) is 19. The van der Waals surface area contributed by atoms with Crippen molar-refractivity contribution < 1.29 is 74.7 Å². The first-order chi connectivity index (χ1) is 58.6. The van der Waals surface area contributed by atoms with Gasteiger partial charge in [-0.1, -0.05) is 34.3 Å². The maximum absolute atomic E-state index is 12.2. The van der Waals surface area contributed by atoms with Crippen molar-refractivity contribution in [1.29, 1.82) is 0 Å². The summed E-state index contributed by atoms with van der Waals surface area (Å²) >= 11 is 5.14. The lowest BCUT2D eigenvalue weighted by Crippen LogP contribution is -2.42. The smallest absolute Gasteiger partial charge is 0.330 e. The van der Waals surface area contributed by atoms with Crippen molar-refractivity contribution in [3.8, 4) is 0 Å². The number of ether oxygens (including phenoxy) is 5. The van der Waals surface area contributed by atoms with Gasteiger partial charge in [-0.25, -0.2) is 19.2 Å². The van der Waals surface area contributed by atoms with Crippen molar-refractivity contribution in [2.24, 2.45) is 0 Å². The van der Waals surface area contributed by atoms with Crippen molar-refractivity contribution in [3.63, 3.8) is 0 Å². The minimum absolute atomic E-state index is 0.139. The zero-order valence-corrected chi connectivity index (χ0v) is 81.2. The Hall–Kier alpha value is -5.37. The van der Waals surface area contributed by atoms with Crippen LogP contribution in [0.1, 0.15) is 132 Å². The molecule has 0 aliphatic carbocycles. The van der Waals surface area contributed by atoms with Crippen LogP contribution in [0.4, 0.5) is 0 Å². The van der Waals surface area contributed by atoms with E-state index in [9.17, 15) is 89.4 Å². The van der Waals surface area contributed by atoms with Gasteiger partial charge in [0.1, 0.15) is 79.4 Å². The van der Waals surface area contributed by atoms with Crippen LogP contribution in [0.2, 0.25) is 0 Å². The van der Waals surface area contributed by atoms with Crippen molar-refractivity contribution >= 4 is 83.3 Å². The van der Waals surface area contributed by atoms with Crippen LogP contribution in [0, 0.1) is 0 Å². The molecule has 0 aromatic carbocycles. The first-order valence-corrected chi connectivity index (χ1v) is 58.4. The molecule has 20 atom stereocenters. The Morgan fingerprint density at radius 3 is 0.976 bits per heavy atom. The minimum Gasteiger partial charge on any atom is -0.388 e. The molecule has 716 valence electrons. The molecular formula is C83H145N14O23P5S. The van der Waals surface area contributed by atoms with Gasteiger partial charge in [0, 0.05) is 73.5 Å². The zero-order valence-electron chi connectivity index (χ0n) is 75.9. The highest BCUT2D eigenvalue weighted by molar-refractivity contribution is 7.80. The lowest BCUT2D eigenvalue weighted by Gasteiger charge is -2.30. The summed E-state index contributed by atoms with van der Waals surface area (Å²) in [5, 5.41) is 119. The topological polar surface area (TPSA) is 531 Å². The van der Waals surface area contributed by atoms with Crippen molar-refractivity contribution in [3.05, 3.63) is 154 Å². The van der Waals surface area contributed by atoms with Crippen LogP contribution in [0.5, 0.6) is 0 Å². The van der Waals surface area contributed by atoms with E-state index >= 15 is 0 Å². The Balaban J connectivity index is 0.000000244. The lowest BCUT2D eigenvalue weighted by molar-refractivity contribution is -0.0404. The summed E-state index contributed by atoms with van der Waals surface area (Å²) < 4.78 is 34.1. The first kappa shape index (κ1) is 109. The van der Waals surface area contributed by atoms with E-state index in [4.69, 9.17) is 35.9 Å². The molecule has 6 aliphatic heterocycles. The standard InChI is InChI=1S/4C17H30N3O5P.C15H25N2O3PS/c2*1-5-7-18-10-20-9-11(16(23)19-17(20)24)15-14(22)13(21)12(25-15)6-8-26(2,3)4;2*1-5-7-18-9-11-10-20(17(24)19-15(11)23)16-14(22)13(21)12(25-16)6-8-26(2,3)4;1-9-10(8-17(2)15(22)16-9)14-13(19)12(18)11(20-14)6-7-21(3,4)5/h2*9,12-15,18,21-22H,2,5-8,10H2,1,3-4H3,(H,19,23,24);2*10,12-14,16,18,21-22H,2,5-9H2,1,3-4H3,(H,19,23,24);8,11-14,18-19H,1,3,6-7H2,2,4-5H3,(H,16,22)/t2*12?,13-,14-,15?;2*12?,13-,14-,16?;11?,12-,13-,14+/m11111/s1. The third-order valence-corrected chi connectivity index (χ3v) is 29.4. The quantitative estimate of drug-likeness (QED) is 0.0159. The number of hydrogen-bond acceptors (Lipinski definition) is 28. The highest BCUT2D eigenvalue weighted by atomic mass is 32.1. The molecule has 126 heavy (non-hydrogen) atoms. The number of aromatic nitrogens is 8.